The summed E-state index contributed by atoms with van der Waals surface area (Å²) in [5.41, 5.74) is 2.74. The van der Waals surface area contributed by atoms with Gasteiger partial charge in [0.15, 0.2) is 0 Å². The minimum Gasteiger partial charge on any atom is -0.371 e. The molecule has 0 N–H and O–H groups in total. The predicted octanol–water partition coefficient (Wildman–Crippen LogP) is 5.48. The lowest BCUT2D eigenvalue weighted by Gasteiger charge is -2.40. The fourth-order valence-corrected chi connectivity index (χ4v) is 3.56. The summed E-state index contributed by atoms with van der Waals surface area (Å²) in [6.45, 7) is 4.74. The van der Waals surface area contributed by atoms with Gasteiger partial charge in [0.1, 0.15) is 0 Å². The Kier molecular flexibility index (Phi) is 4.68. The van der Waals surface area contributed by atoms with E-state index in [1.807, 2.05) is 12.1 Å². The minimum absolute atomic E-state index is 0.470. The van der Waals surface area contributed by atoms with Crippen molar-refractivity contribution in [3.8, 4) is 0 Å². The van der Waals surface area contributed by atoms with E-state index in [-0.39, 0.29) is 0 Å². The van der Waals surface area contributed by atoms with Gasteiger partial charge in [-0.05, 0) is 43.2 Å². The van der Waals surface area contributed by atoms with Crippen molar-refractivity contribution in [3.63, 3.8) is 0 Å². The number of alkyl halides is 1. The molecule has 1 fully saturated rings. The Morgan fingerprint density at radius 1 is 1.26 bits per heavy atom. The van der Waals surface area contributed by atoms with Crippen molar-refractivity contribution < 1.29 is 0 Å². The zero-order valence-electron chi connectivity index (χ0n) is 12.0. The van der Waals surface area contributed by atoms with E-state index in [9.17, 15) is 0 Å². The summed E-state index contributed by atoms with van der Waals surface area (Å²) in [7, 11) is 2.17. The highest BCUT2D eigenvalue weighted by Gasteiger charge is 2.29. The van der Waals surface area contributed by atoms with Crippen LogP contribution in [0.1, 0.15) is 45.1 Å². The van der Waals surface area contributed by atoms with Gasteiger partial charge in [0.05, 0.1) is 5.88 Å². The van der Waals surface area contributed by atoms with Crippen LogP contribution in [-0.4, -0.2) is 13.1 Å². The van der Waals surface area contributed by atoms with Gasteiger partial charge in [0.2, 0.25) is 0 Å². The van der Waals surface area contributed by atoms with E-state index in [1.54, 1.807) is 0 Å². The molecule has 1 aromatic rings. The first-order chi connectivity index (χ1) is 8.94. The Hall–Kier alpha value is -0.400. The average Bonchev–Trinajstić information content (AvgIpc) is 2.37. The van der Waals surface area contributed by atoms with Gasteiger partial charge >= 0.3 is 0 Å². The Balaban J connectivity index is 2.16. The first kappa shape index (κ1) is 15.0. The summed E-state index contributed by atoms with van der Waals surface area (Å²) in [4.78, 5) is 2.37. The largest absolute Gasteiger partial charge is 0.371 e. The molecule has 0 saturated heterocycles. The summed E-state index contributed by atoms with van der Waals surface area (Å²) in [6, 6.07) is 6.66. The van der Waals surface area contributed by atoms with Crippen LogP contribution >= 0.6 is 23.2 Å². The van der Waals surface area contributed by atoms with Crippen molar-refractivity contribution in [1.29, 1.82) is 0 Å². The van der Waals surface area contributed by atoms with Crippen LogP contribution in [0, 0.1) is 5.41 Å². The van der Waals surface area contributed by atoms with Crippen LogP contribution in [0.5, 0.6) is 0 Å². The van der Waals surface area contributed by atoms with Crippen LogP contribution in [0.15, 0.2) is 18.2 Å². The van der Waals surface area contributed by atoms with Gasteiger partial charge < -0.3 is 4.90 Å². The van der Waals surface area contributed by atoms with Gasteiger partial charge in [-0.1, -0.05) is 31.5 Å². The van der Waals surface area contributed by atoms with E-state index in [2.05, 4.69) is 31.9 Å². The molecule has 0 heterocycles. The number of benzene rings is 1. The van der Waals surface area contributed by atoms with Crippen molar-refractivity contribution in [2.45, 2.75) is 51.5 Å². The number of hydrogen-bond acceptors (Lipinski definition) is 1. The molecule has 1 aliphatic rings. The van der Waals surface area contributed by atoms with Gasteiger partial charge in [-0.25, -0.2) is 0 Å². The number of halogens is 2. The van der Waals surface area contributed by atoms with Gasteiger partial charge in [0.25, 0.3) is 0 Å². The van der Waals surface area contributed by atoms with Crippen molar-refractivity contribution in [3.05, 3.63) is 28.8 Å². The van der Waals surface area contributed by atoms with Crippen LogP contribution in [-0.2, 0) is 5.88 Å². The normalized spacial score (nSPS) is 19.4. The number of anilines is 1. The van der Waals surface area contributed by atoms with Crippen molar-refractivity contribution in [1.82, 2.24) is 0 Å². The maximum absolute atomic E-state index is 6.25. The van der Waals surface area contributed by atoms with E-state index in [1.165, 1.54) is 31.4 Å². The van der Waals surface area contributed by atoms with Crippen molar-refractivity contribution >= 4 is 28.9 Å². The minimum atomic E-state index is 0.470. The molecule has 1 saturated carbocycles. The fourth-order valence-electron chi connectivity index (χ4n) is 2.98. The Labute approximate surface area is 126 Å². The Bertz CT molecular complexity index is 432. The third-order valence-electron chi connectivity index (χ3n) is 4.46. The lowest BCUT2D eigenvalue weighted by molar-refractivity contribution is 0.222. The van der Waals surface area contributed by atoms with Gasteiger partial charge in [-0.15, -0.1) is 11.6 Å². The zero-order chi connectivity index (χ0) is 14.0. The molecule has 19 heavy (non-hydrogen) atoms. The van der Waals surface area contributed by atoms with Crippen molar-refractivity contribution in [2.24, 2.45) is 5.41 Å². The molecule has 0 radical (unpaired) electrons. The van der Waals surface area contributed by atoms with E-state index in [0.717, 1.165) is 10.6 Å². The van der Waals surface area contributed by atoms with Crippen LogP contribution in [0.3, 0.4) is 0 Å². The van der Waals surface area contributed by atoms with E-state index >= 15 is 0 Å². The van der Waals surface area contributed by atoms with E-state index in [0.29, 0.717) is 17.3 Å². The average molecular weight is 300 g/mol. The maximum Gasteiger partial charge on any atom is 0.0509 e. The lowest BCUT2D eigenvalue weighted by atomic mass is 9.75. The third kappa shape index (κ3) is 3.38. The van der Waals surface area contributed by atoms with E-state index < -0.39 is 0 Å². The molecular weight excluding hydrogens is 277 g/mol. The standard InChI is InChI=1S/C16H23Cl2N/c1-16(2)9-7-12(8-10-16)19(3)15-6-4-5-14(18)13(15)11-17/h4-6,12H,7-11H2,1-3H3. The third-order valence-corrected chi connectivity index (χ3v) is 5.09. The van der Waals surface area contributed by atoms with Crippen molar-refractivity contribution in [2.75, 3.05) is 11.9 Å². The van der Waals surface area contributed by atoms with E-state index in [4.69, 9.17) is 23.2 Å². The molecular formula is C16H23Cl2N. The molecule has 0 aliphatic heterocycles. The number of nitrogens with zero attached hydrogens (tertiary/aromatic N) is 1. The molecule has 2 rings (SSSR count). The second-order valence-electron chi connectivity index (χ2n) is 6.38. The quantitative estimate of drug-likeness (QED) is 0.668. The molecule has 1 nitrogen and oxygen atoms in total. The Morgan fingerprint density at radius 2 is 1.89 bits per heavy atom. The molecule has 1 aliphatic carbocycles. The molecule has 0 unspecified atom stereocenters. The van der Waals surface area contributed by atoms with Gasteiger partial charge in [-0.3, -0.25) is 0 Å². The van der Waals surface area contributed by atoms with Crippen LogP contribution in [0.25, 0.3) is 0 Å². The summed E-state index contributed by atoms with van der Waals surface area (Å²) >= 11 is 12.3. The monoisotopic (exact) mass is 299 g/mol. The molecule has 0 amide bonds. The van der Waals surface area contributed by atoms with Gasteiger partial charge in [-0.2, -0.15) is 0 Å². The summed E-state index contributed by atoms with van der Waals surface area (Å²) in [6.07, 6.45) is 5.08. The molecule has 0 spiro atoms. The van der Waals surface area contributed by atoms with Crippen LogP contribution < -0.4 is 4.90 Å². The molecule has 1 aromatic carbocycles. The highest BCUT2D eigenvalue weighted by Crippen LogP contribution is 2.39. The fraction of sp³-hybridized carbons (Fsp3) is 0.625. The second-order valence-corrected chi connectivity index (χ2v) is 7.05. The first-order valence-electron chi connectivity index (χ1n) is 7.01. The maximum atomic E-state index is 6.25. The highest BCUT2D eigenvalue weighted by atomic mass is 35.5. The molecule has 0 aromatic heterocycles. The number of rotatable bonds is 3. The molecule has 106 valence electrons. The smallest absolute Gasteiger partial charge is 0.0509 e. The highest BCUT2D eigenvalue weighted by molar-refractivity contribution is 6.32. The lowest BCUT2D eigenvalue weighted by Crippen LogP contribution is -2.37. The Morgan fingerprint density at radius 3 is 2.47 bits per heavy atom. The van der Waals surface area contributed by atoms with Crippen LogP contribution in [0.4, 0.5) is 5.69 Å². The summed E-state index contributed by atoms with van der Waals surface area (Å²) in [5.74, 6) is 0.470. The van der Waals surface area contributed by atoms with Gasteiger partial charge in [0, 0.05) is 29.4 Å². The SMILES string of the molecule is CN(c1cccc(Cl)c1CCl)C1CCC(C)(C)CC1. The summed E-state index contributed by atoms with van der Waals surface area (Å²) < 4.78 is 0. The molecule has 3 heteroatoms. The number of hydrogen-bond donors (Lipinski definition) is 0. The zero-order valence-corrected chi connectivity index (χ0v) is 13.6. The van der Waals surface area contributed by atoms with Crippen LogP contribution in [0.2, 0.25) is 5.02 Å². The second kappa shape index (κ2) is 5.93. The first-order valence-corrected chi connectivity index (χ1v) is 7.92. The molecule has 0 bridgehead atoms. The molecule has 0 atom stereocenters. The predicted molar refractivity (Wildman–Crippen MR) is 85.4 cm³/mol. The topological polar surface area (TPSA) is 3.24 Å². The summed E-state index contributed by atoms with van der Waals surface area (Å²) in [5, 5.41) is 0.774.